The number of carbonyl (C=O) groups excluding carboxylic acids is 1. The van der Waals surface area contributed by atoms with Crippen LogP contribution in [0.3, 0.4) is 0 Å². The van der Waals surface area contributed by atoms with Crippen molar-refractivity contribution < 1.29 is 9.53 Å². The Balaban J connectivity index is 2.05. The summed E-state index contributed by atoms with van der Waals surface area (Å²) < 4.78 is 5.18. The molecule has 1 fully saturated rings. The lowest BCUT2D eigenvalue weighted by Gasteiger charge is -2.16. The molecule has 0 N–H and O–H groups in total. The van der Waals surface area contributed by atoms with Gasteiger partial charge in [-0.3, -0.25) is 4.79 Å². The van der Waals surface area contributed by atoms with Gasteiger partial charge in [0.1, 0.15) is 5.75 Å². The van der Waals surface area contributed by atoms with E-state index in [0.717, 1.165) is 24.3 Å². The molecule has 1 unspecified atom stereocenters. The molecule has 78 valence electrons. The van der Waals surface area contributed by atoms with Gasteiger partial charge in [-0.15, -0.1) is 0 Å². The molecule has 0 aliphatic carbocycles. The zero-order valence-corrected chi connectivity index (χ0v) is 8.69. The van der Waals surface area contributed by atoms with E-state index in [1.54, 1.807) is 7.11 Å². The standard InChI is InChI=1S/C12H13NO2/c1-15-10-3-4-11-8(7-10)6-9-2-5-12(14)13(9)11/h3-4,7,9H,2,5-6H2,1H3. The van der Waals surface area contributed by atoms with Crippen molar-refractivity contribution in [3.8, 4) is 5.75 Å². The Labute approximate surface area is 88.6 Å². The molecule has 1 aromatic rings. The second kappa shape index (κ2) is 2.99. The molecule has 1 amide bonds. The van der Waals surface area contributed by atoms with Gasteiger partial charge < -0.3 is 9.64 Å². The molecule has 0 radical (unpaired) electrons. The lowest BCUT2D eigenvalue weighted by molar-refractivity contribution is -0.117. The molecule has 3 nitrogen and oxygen atoms in total. The van der Waals surface area contributed by atoms with Crippen LogP contribution in [0.4, 0.5) is 5.69 Å². The maximum absolute atomic E-state index is 11.7. The van der Waals surface area contributed by atoms with E-state index in [4.69, 9.17) is 4.74 Å². The van der Waals surface area contributed by atoms with E-state index in [1.807, 2.05) is 23.1 Å². The van der Waals surface area contributed by atoms with Crippen LogP contribution in [0.2, 0.25) is 0 Å². The lowest BCUT2D eigenvalue weighted by Crippen LogP contribution is -2.28. The monoisotopic (exact) mass is 203 g/mol. The van der Waals surface area contributed by atoms with E-state index in [0.29, 0.717) is 12.5 Å². The summed E-state index contributed by atoms with van der Waals surface area (Å²) >= 11 is 0. The first kappa shape index (κ1) is 8.77. The largest absolute Gasteiger partial charge is 0.497 e. The molecule has 3 rings (SSSR count). The molecule has 3 heteroatoms. The molecule has 0 bridgehead atoms. The van der Waals surface area contributed by atoms with E-state index in [9.17, 15) is 4.79 Å². The second-order valence-electron chi connectivity index (χ2n) is 4.16. The van der Waals surface area contributed by atoms with Crippen molar-refractivity contribution in [3.63, 3.8) is 0 Å². The lowest BCUT2D eigenvalue weighted by atomic mass is 10.1. The van der Waals surface area contributed by atoms with E-state index in [2.05, 4.69) is 0 Å². The normalized spacial score (nSPS) is 22.9. The molecule has 2 aliphatic heterocycles. The van der Waals surface area contributed by atoms with Gasteiger partial charge in [-0.2, -0.15) is 0 Å². The zero-order valence-electron chi connectivity index (χ0n) is 8.69. The van der Waals surface area contributed by atoms with Crippen molar-refractivity contribution in [3.05, 3.63) is 23.8 Å². The molecule has 2 heterocycles. The summed E-state index contributed by atoms with van der Waals surface area (Å²) in [6.07, 6.45) is 2.68. The Morgan fingerprint density at radius 1 is 1.47 bits per heavy atom. The molecule has 0 aromatic heterocycles. The molecule has 15 heavy (non-hydrogen) atoms. The summed E-state index contributed by atoms with van der Waals surface area (Å²) in [4.78, 5) is 13.6. The van der Waals surface area contributed by atoms with E-state index in [-0.39, 0.29) is 5.91 Å². The van der Waals surface area contributed by atoms with E-state index in [1.165, 1.54) is 5.56 Å². The molecule has 2 aliphatic rings. The van der Waals surface area contributed by atoms with Gasteiger partial charge in [-0.05, 0) is 36.6 Å². The van der Waals surface area contributed by atoms with Gasteiger partial charge in [0.25, 0.3) is 0 Å². The van der Waals surface area contributed by atoms with Crippen LogP contribution >= 0.6 is 0 Å². The van der Waals surface area contributed by atoms with Crippen LogP contribution in [0.15, 0.2) is 18.2 Å². The number of hydrogen-bond donors (Lipinski definition) is 0. The average molecular weight is 203 g/mol. The van der Waals surface area contributed by atoms with Gasteiger partial charge in [0.05, 0.1) is 7.11 Å². The Morgan fingerprint density at radius 3 is 3.13 bits per heavy atom. The molecule has 0 saturated carbocycles. The number of amides is 1. The van der Waals surface area contributed by atoms with Crippen molar-refractivity contribution >= 4 is 11.6 Å². The number of fused-ring (bicyclic) bond motifs is 3. The van der Waals surface area contributed by atoms with Crippen LogP contribution in [-0.2, 0) is 11.2 Å². The maximum atomic E-state index is 11.7. The number of anilines is 1. The molecular weight excluding hydrogens is 190 g/mol. The van der Waals surface area contributed by atoms with Crippen molar-refractivity contribution in [2.45, 2.75) is 25.3 Å². The Morgan fingerprint density at radius 2 is 2.33 bits per heavy atom. The van der Waals surface area contributed by atoms with Crippen molar-refractivity contribution in [2.75, 3.05) is 12.0 Å². The van der Waals surface area contributed by atoms with Crippen molar-refractivity contribution in [1.29, 1.82) is 0 Å². The first-order chi connectivity index (χ1) is 7.29. The van der Waals surface area contributed by atoms with Gasteiger partial charge in [-0.1, -0.05) is 0 Å². The van der Waals surface area contributed by atoms with Crippen molar-refractivity contribution in [2.24, 2.45) is 0 Å². The minimum Gasteiger partial charge on any atom is -0.497 e. The average Bonchev–Trinajstić information content (AvgIpc) is 2.77. The predicted octanol–water partition coefficient (Wildman–Crippen LogP) is 1.75. The third kappa shape index (κ3) is 1.16. The van der Waals surface area contributed by atoms with Crippen LogP contribution in [0.25, 0.3) is 0 Å². The number of hydrogen-bond acceptors (Lipinski definition) is 2. The highest BCUT2D eigenvalue weighted by molar-refractivity contribution is 5.98. The van der Waals surface area contributed by atoms with Gasteiger partial charge in [0, 0.05) is 18.2 Å². The summed E-state index contributed by atoms with van der Waals surface area (Å²) in [6.45, 7) is 0. The summed E-state index contributed by atoms with van der Waals surface area (Å²) in [5.74, 6) is 1.14. The third-order valence-electron chi connectivity index (χ3n) is 3.33. The predicted molar refractivity (Wildman–Crippen MR) is 57.2 cm³/mol. The van der Waals surface area contributed by atoms with Gasteiger partial charge in [0.15, 0.2) is 0 Å². The maximum Gasteiger partial charge on any atom is 0.227 e. The Hall–Kier alpha value is -1.51. The molecule has 1 atom stereocenters. The fourth-order valence-electron chi connectivity index (χ4n) is 2.61. The van der Waals surface area contributed by atoms with Gasteiger partial charge in [-0.25, -0.2) is 0 Å². The number of ether oxygens (including phenoxy) is 1. The topological polar surface area (TPSA) is 29.5 Å². The Kier molecular flexibility index (Phi) is 1.75. The summed E-state index contributed by atoms with van der Waals surface area (Å²) in [5.41, 5.74) is 2.33. The van der Waals surface area contributed by atoms with Gasteiger partial charge in [0.2, 0.25) is 5.91 Å². The molecular formula is C12H13NO2. The number of carbonyl (C=O) groups is 1. The van der Waals surface area contributed by atoms with E-state index < -0.39 is 0 Å². The SMILES string of the molecule is COc1ccc2c(c1)CC1CCC(=O)N21. The van der Waals surface area contributed by atoms with Gasteiger partial charge >= 0.3 is 0 Å². The first-order valence-electron chi connectivity index (χ1n) is 5.28. The second-order valence-corrected chi connectivity index (χ2v) is 4.16. The third-order valence-corrected chi connectivity index (χ3v) is 3.33. The van der Waals surface area contributed by atoms with Crippen LogP contribution in [0.5, 0.6) is 5.75 Å². The number of rotatable bonds is 1. The van der Waals surface area contributed by atoms with Crippen LogP contribution in [0.1, 0.15) is 18.4 Å². The van der Waals surface area contributed by atoms with E-state index >= 15 is 0 Å². The smallest absolute Gasteiger partial charge is 0.227 e. The fourth-order valence-corrected chi connectivity index (χ4v) is 2.61. The van der Waals surface area contributed by atoms with Crippen LogP contribution in [-0.4, -0.2) is 19.1 Å². The van der Waals surface area contributed by atoms with Crippen LogP contribution < -0.4 is 9.64 Å². The summed E-state index contributed by atoms with van der Waals surface area (Å²) in [5, 5.41) is 0. The molecule has 1 aromatic carbocycles. The molecule has 1 saturated heterocycles. The van der Waals surface area contributed by atoms with Crippen LogP contribution in [0, 0.1) is 0 Å². The number of nitrogens with zero attached hydrogens (tertiary/aromatic N) is 1. The molecule has 0 spiro atoms. The summed E-state index contributed by atoms with van der Waals surface area (Å²) in [6, 6.07) is 6.37. The Bertz CT molecular complexity index is 428. The minimum atomic E-state index is 0.268. The number of methoxy groups -OCH3 is 1. The summed E-state index contributed by atoms with van der Waals surface area (Å²) in [7, 11) is 1.67. The highest BCUT2D eigenvalue weighted by atomic mass is 16.5. The fraction of sp³-hybridized carbons (Fsp3) is 0.417. The van der Waals surface area contributed by atoms with Crippen molar-refractivity contribution in [1.82, 2.24) is 0 Å². The highest BCUT2D eigenvalue weighted by Gasteiger charge is 2.38. The number of benzene rings is 1. The first-order valence-corrected chi connectivity index (χ1v) is 5.28. The highest BCUT2D eigenvalue weighted by Crippen LogP contribution is 2.39. The quantitative estimate of drug-likeness (QED) is 0.696. The minimum absolute atomic E-state index is 0.268. The zero-order chi connectivity index (χ0) is 10.4.